The number of alkyl halides is 6. The van der Waals surface area contributed by atoms with Crippen LogP contribution in [0.1, 0.15) is 52.5 Å². The Morgan fingerprint density at radius 1 is 1.19 bits per heavy atom. The van der Waals surface area contributed by atoms with Crippen molar-refractivity contribution in [2.75, 3.05) is 0 Å². The Kier molecular flexibility index (Phi) is 5.17. The zero-order valence-electron chi connectivity index (χ0n) is 16.3. The third-order valence-electron chi connectivity index (χ3n) is 4.78. The first-order chi connectivity index (χ1) is 14.9. The lowest BCUT2D eigenvalue weighted by molar-refractivity contribution is -0.145. The minimum atomic E-state index is -4.81. The number of hydrogen-bond donors (Lipinski definition) is 1. The summed E-state index contributed by atoms with van der Waals surface area (Å²) in [6.45, 7) is 0. The summed E-state index contributed by atoms with van der Waals surface area (Å²) in [6.07, 6.45) is -7.08. The van der Waals surface area contributed by atoms with Crippen molar-refractivity contribution in [1.82, 2.24) is 30.0 Å². The van der Waals surface area contributed by atoms with E-state index in [1.165, 1.54) is 6.07 Å². The van der Waals surface area contributed by atoms with E-state index in [0.29, 0.717) is 35.4 Å². The molecular formula is C18H14F6N6O2. The van der Waals surface area contributed by atoms with Gasteiger partial charge in [-0.05, 0) is 25.0 Å². The quantitative estimate of drug-likeness (QED) is 0.599. The van der Waals surface area contributed by atoms with Crippen LogP contribution in [0.25, 0.3) is 11.5 Å². The van der Waals surface area contributed by atoms with Gasteiger partial charge in [0.25, 0.3) is 11.7 Å². The highest BCUT2D eigenvalue weighted by Gasteiger charge is 2.38. The molecule has 4 rings (SSSR count). The molecule has 0 bridgehead atoms. The minimum absolute atomic E-state index is 0.0509. The van der Waals surface area contributed by atoms with Gasteiger partial charge < -0.3 is 9.73 Å². The van der Waals surface area contributed by atoms with E-state index in [2.05, 4.69) is 25.4 Å². The summed E-state index contributed by atoms with van der Waals surface area (Å²) in [5, 5.41) is 5.75. The number of carbonyl (C=O) groups is 1. The summed E-state index contributed by atoms with van der Waals surface area (Å²) in [5.74, 6) is -2.60. The summed E-state index contributed by atoms with van der Waals surface area (Å²) >= 11 is 0. The van der Waals surface area contributed by atoms with Crippen molar-refractivity contribution in [3.8, 4) is 11.5 Å². The van der Waals surface area contributed by atoms with Crippen LogP contribution in [0, 0.1) is 0 Å². The van der Waals surface area contributed by atoms with Gasteiger partial charge in [0.05, 0.1) is 6.04 Å². The van der Waals surface area contributed by atoms with Crippen molar-refractivity contribution >= 4 is 5.91 Å². The first-order valence-corrected chi connectivity index (χ1v) is 9.26. The van der Waals surface area contributed by atoms with Crippen LogP contribution in [0.5, 0.6) is 0 Å². The van der Waals surface area contributed by atoms with Crippen LogP contribution in [0.4, 0.5) is 26.3 Å². The molecule has 0 saturated carbocycles. The molecule has 0 aliphatic heterocycles. The van der Waals surface area contributed by atoms with Gasteiger partial charge in [-0.2, -0.15) is 31.3 Å². The Labute approximate surface area is 175 Å². The lowest BCUT2D eigenvalue weighted by Crippen LogP contribution is -2.32. The van der Waals surface area contributed by atoms with E-state index < -0.39 is 41.6 Å². The molecule has 1 aliphatic carbocycles. The Hall–Kier alpha value is -3.45. The highest BCUT2D eigenvalue weighted by Crippen LogP contribution is 2.35. The predicted molar refractivity (Wildman–Crippen MR) is 93.9 cm³/mol. The molecule has 0 aromatic carbocycles. The van der Waals surface area contributed by atoms with E-state index in [4.69, 9.17) is 4.42 Å². The summed E-state index contributed by atoms with van der Waals surface area (Å²) < 4.78 is 83.5. The van der Waals surface area contributed by atoms with Crippen molar-refractivity contribution in [2.45, 2.75) is 37.7 Å². The van der Waals surface area contributed by atoms with Crippen molar-refractivity contribution in [1.29, 1.82) is 0 Å². The molecule has 1 atom stereocenters. The fourth-order valence-electron chi connectivity index (χ4n) is 3.33. The molecule has 0 spiro atoms. The topological polar surface area (TPSA) is 98.7 Å². The Bertz CT molecular complexity index is 1170. The number of aromatic nitrogens is 5. The number of carbonyl (C=O) groups excluding carboxylic acids is 1. The maximum absolute atomic E-state index is 12.9. The van der Waals surface area contributed by atoms with Crippen LogP contribution in [-0.4, -0.2) is 30.6 Å². The van der Waals surface area contributed by atoms with E-state index in [-0.39, 0.29) is 11.5 Å². The number of amides is 1. The monoisotopic (exact) mass is 460 g/mol. The molecule has 8 nitrogen and oxygen atoms in total. The molecule has 1 N–H and O–H groups in total. The van der Waals surface area contributed by atoms with E-state index in [1.54, 1.807) is 0 Å². The maximum Gasteiger partial charge on any atom is 0.453 e. The molecule has 0 unspecified atom stereocenters. The van der Waals surface area contributed by atoms with Gasteiger partial charge in [-0.25, -0.2) is 9.67 Å². The van der Waals surface area contributed by atoms with Gasteiger partial charge in [-0.15, -0.1) is 5.10 Å². The molecule has 0 radical (unpaired) electrons. The molecule has 3 aromatic heterocycles. The molecule has 3 heterocycles. The SMILES string of the molecule is Cn1nc(C(F)(F)F)nc1C(=O)N[C@H]1CCCc2oc(-c3ccnc(C(F)(F)F)c3)nc21. The van der Waals surface area contributed by atoms with Crippen LogP contribution < -0.4 is 5.32 Å². The van der Waals surface area contributed by atoms with Crippen LogP contribution >= 0.6 is 0 Å². The number of rotatable bonds is 3. The van der Waals surface area contributed by atoms with E-state index in [9.17, 15) is 31.1 Å². The molecule has 170 valence electrons. The number of halogens is 6. The third kappa shape index (κ3) is 4.16. The van der Waals surface area contributed by atoms with Crippen LogP contribution in [0.3, 0.4) is 0 Å². The first kappa shape index (κ1) is 21.8. The molecule has 32 heavy (non-hydrogen) atoms. The van der Waals surface area contributed by atoms with Crippen LogP contribution in [0.15, 0.2) is 22.7 Å². The summed E-state index contributed by atoms with van der Waals surface area (Å²) in [4.78, 5) is 23.3. The summed E-state index contributed by atoms with van der Waals surface area (Å²) in [6, 6.07) is 1.38. The van der Waals surface area contributed by atoms with Crippen LogP contribution in [0.2, 0.25) is 0 Å². The second kappa shape index (κ2) is 7.60. The minimum Gasteiger partial charge on any atom is -0.441 e. The largest absolute Gasteiger partial charge is 0.453 e. The fraction of sp³-hybridized carbons (Fsp3) is 0.389. The number of aryl methyl sites for hydroxylation is 2. The molecule has 14 heteroatoms. The van der Waals surface area contributed by atoms with Gasteiger partial charge in [0.15, 0.2) is 0 Å². The molecule has 0 saturated heterocycles. The molecule has 1 aliphatic rings. The molecular weight excluding hydrogens is 446 g/mol. The van der Waals surface area contributed by atoms with E-state index >= 15 is 0 Å². The highest BCUT2D eigenvalue weighted by molar-refractivity contribution is 5.91. The van der Waals surface area contributed by atoms with Crippen molar-refractivity contribution < 1.29 is 35.6 Å². The van der Waals surface area contributed by atoms with E-state index in [0.717, 1.165) is 19.3 Å². The average molecular weight is 460 g/mol. The second-order valence-electron chi connectivity index (χ2n) is 7.05. The lowest BCUT2D eigenvalue weighted by atomic mass is 9.97. The Balaban J connectivity index is 1.60. The number of oxazole rings is 1. The van der Waals surface area contributed by atoms with E-state index in [1.807, 2.05) is 0 Å². The normalized spacial score (nSPS) is 16.7. The van der Waals surface area contributed by atoms with Gasteiger partial charge in [0.1, 0.15) is 17.1 Å². The predicted octanol–water partition coefficient (Wildman–Crippen LogP) is 3.71. The fourth-order valence-corrected chi connectivity index (χ4v) is 3.33. The standard InChI is InChI=1S/C18H14F6N6O2/c1-30-13(28-16(29-30)18(22,23)24)14(31)26-9-3-2-4-10-12(9)27-15(32-10)8-5-6-25-11(7-8)17(19,20)21/h5-7,9H,2-4H2,1H3,(H,26,31)/t9-/m0/s1. The summed E-state index contributed by atoms with van der Waals surface area (Å²) in [5.41, 5.74) is -0.767. The lowest BCUT2D eigenvalue weighted by Gasteiger charge is -2.20. The number of nitrogens with zero attached hydrogens (tertiary/aromatic N) is 5. The Morgan fingerprint density at radius 2 is 1.94 bits per heavy atom. The zero-order chi connectivity index (χ0) is 23.3. The third-order valence-corrected chi connectivity index (χ3v) is 4.78. The smallest absolute Gasteiger partial charge is 0.441 e. The molecule has 1 amide bonds. The number of nitrogens with one attached hydrogen (secondary N) is 1. The highest BCUT2D eigenvalue weighted by atomic mass is 19.4. The Morgan fingerprint density at radius 3 is 2.59 bits per heavy atom. The van der Waals surface area contributed by atoms with Crippen molar-refractivity contribution in [3.63, 3.8) is 0 Å². The van der Waals surface area contributed by atoms with Gasteiger partial charge in [0, 0.05) is 25.2 Å². The average Bonchev–Trinajstić information content (AvgIpc) is 3.32. The summed E-state index contributed by atoms with van der Waals surface area (Å²) in [7, 11) is 1.15. The van der Waals surface area contributed by atoms with Gasteiger partial charge in [-0.3, -0.25) is 9.78 Å². The maximum atomic E-state index is 12.9. The number of pyridine rings is 1. The zero-order valence-corrected chi connectivity index (χ0v) is 16.3. The van der Waals surface area contributed by atoms with Crippen LogP contribution in [-0.2, 0) is 25.8 Å². The van der Waals surface area contributed by atoms with Crippen molar-refractivity contribution in [3.05, 3.63) is 47.1 Å². The first-order valence-electron chi connectivity index (χ1n) is 9.26. The van der Waals surface area contributed by atoms with Gasteiger partial charge >= 0.3 is 12.4 Å². The van der Waals surface area contributed by atoms with Crippen molar-refractivity contribution in [2.24, 2.45) is 7.05 Å². The van der Waals surface area contributed by atoms with Gasteiger partial charge in [0.2, 0.25) is 11.7 Å². The number of fused-ring (bicyclic) bond motifs is 1. The molecule has 3 aromatic rings. The number of hydrogen-bond acceptors (Lipinski definition) is 6. The molecule has 0 fully saturated rings. The second-order valence-corrected chi connectivity index (χ2v) is 7.05. The van der Waals surface area contributed by atoms with Gasteiger partial charge in [-0.1, -0.05) is 0 Å².